The third-order valence-corrected chi connectivity index (χ3v) is 3.54. The predicted molar refractivity (Wildman–Crippen MR) is 75.9 cm³/mol. The van der Waals surface area contributed by atoms with Crippen LogP contribution in [0.5, 0.6) is 0 Å². The first kappa shape index (κ1) is 12.8. The average Bonchev–Trinajstić information content (AvgIpc) is 2.81. The van der Waals surface area contributed by atoms with E-state index in [4.69, 9.17) is 0 Å². The highest BCUT2D eigenvalue weighted by atomic mass is 19.1. The molecule has 3 rings (SSSR count). The van der Waals surface area contributed by atoms with E-state index in [-0.39, 0.29) is 12.4 Å². The summed E-state index contributed by atoms with van der Waals surface area (Å²) in [5, 5.41) is 10.3. The fraction of sp³-hybridized carbons (Fsp3) is 0.188. The lowest BCUT2D eigenvalue weighted by Crippen LogP contribution is -2.01. The number of halogens is 1. The van der Waals surface area contributed by atoms with Crippen LogP contribution in [0, 0.1) is 12.7 Å². The molecule has 0 amide bonds. The molecule has 0 saturated heterocycles. The van der Waals surface area contributed by atoms with E-state index in [1.54, 1.807) is 18.3 Å². The number of benzene rings is 1. The molecule has 3 aromatic rings. The second-order valence-corrected chi connectivity index (χ2v) is 4.89. The summed E-state index contributed by atoms with van der Waals surface area (Å²) in [6, 6.07) is 8.56. The number of hydrogen-bond donors (Lipinski definition) is 1. The Labute approximate surface area is 116 Å². The van der Waals surface area contributed by atoms with Crippen molar-refractivity contribution in [2.45, 2.75) is 20.1 Å². The summed E-state index contributed by atoms with van der Waals surface area (Å²) in [6.45, 7) is 2.47. The molecule has 0 fully saturated rings. The van der Waals surface area contributed by atoms with Crippen molar-refractivity contribution in [3.8, 4) is 0 Å². The minimum absolute atomic E-state index is 0.0304. The molecule has 1 aromatic carbocycles. The SMILES string of the molecule is Cc1ccc(F)cc1Cn1cc(CO)c2cccnc21. The minimum Gasteiger partial charge on any atom is -0.392 e. The third kappa shape index (κ3) is 2.18. The second kappa shape index (κ2) is 5.06. The summed E-state index contributed by atoms with van der Waals surface area (Å²) >= 11 is 0. The number of pyridine rings is 1. The maximum absolute atomic E-state index is 13.4. The van der Waals surface area contributed by atoms with Crippen LogP contribution in [0.2, 0.25) is 0 Å². The molecule has 0 aliphatic heterocycles. The van der Waals surface area contributed by atoms with Crippen LogP contribution in [0.1, 0.15) is 16.7 Å². The van der Waals surface area contributed by atoms with Crippen LogP contribution >= 0.6 is 0 Å². The number of rotatable bonds is 3. The Bertz CT molecular complexity index is 764. The number of fused-ring (bicyclic) bond motifs is 1. The van der Waals surface area contributed by atoms with Gasteiger partial charge in [-0.2, -0.15) is 0 Å². The molecule has 2 heterocycles. The molecule has 20 heavy (non-hydrogen) atoms. The van der Waals surface area contributed by atoms with Crippen molar-refractivity contribution in [3.63, 3.8) is 0 Å². The summed E-state index contributed by atoms with van der Waals surface area (Å²) < 4.78 is 15.3. The number of aromatic nitrogens is 2. The maximum Gasteiger partial charge on any atom is 0.140 e. The Morgan fingerprint density at radius 1 is 1.25 bits per heavy atom. The third-order valence-electron chi connectivity index (χ3n) is 3.54. The summed E-state index contributed by atoms with van der Waals surface area (Å²) in [6.07, 6.45) is 3.60. The van der Waals surface area contributed by atoms with Crippen LogP contribution in [0.25, 0.3) is 11.0 Å². The Morgan fingerprint density at radius 2 is 2.10 bits per heavy atom. The van der Waals surface area contributed by atoms with Crippen molar-refractivity contribution >= 4 is 11.0 Å². The fourth-order valence-corrected chi connectivity index (χ4v) is 2.44. The van der Waals surface area contributed by atoms with Gasteiger partial charge in [0.25, 0.3) is 0 Å². The standard InChI is InChI=1S/C16H15FN2O/c1-11-4-5-14(17)7-12(11)8-19-9-13(10-20)15-3-2-6-18-16(15)19/h2-7,9,20H,8,10H2,1H3. The van der Waals surface area contributed by atoms with Crippen LogP contribution in [0.3, 0.4) is 0 Å². The molecule has 3 nitrogen and oxygen atoms in total. The first-order valence-electron chi connectivity index (χ1n) is 6.47. The lowest BCUT2D eigenvalue weighted by Gasteiger charge is -2.08. The first-order valence-corrected chi connectivity index (χ1v) is 6.47. The Balaban J connectivity index is 2.09. The monoisotopic (exact) mass is 270 g/mol. The lowest BCUT2D eigenvalue weighted by molar-refractivity contribution is 0.283. The first-order chi connectivity index (χ1) is 9.69. The van der Waals surface area contributed by atoms with Gasteiger partial charge in [-0.3, -0.25) is 0 Å². The van der Waals surface area contributed by atoms with Gasteiger partial charge in [-0.15, -0.1) is 0 Å². The van der Waals surface area contributed by atoms with Gasteiger partial charge < -0.3 is 9.67 Å². The lowest BCUT2D eigenvalue weighted by atomic mass is 10.1. The Kier molecular flexibility index (Phi) is 3.24. The molecule has 1 N–H and O–H groups in total. The van der Waals surface area contributed by atoms with Crippen molar-refractivity contribution in [3.05, 3.63) is 65.2 Å². The Morgan fingerprint density at radius 3 is 2.90 bits per heavy atom. The van der Waals surface area contributed by atoms with Gasteiger partial charge in [-0.25, -0.2) is 9.37 Å². The summed E-state index contributed by atoms with van der Waals surface area (Å²) in [7, 11) is 0. The van der Waals surface area contributed by atoms with Gasteiger partial charge in [0.05, 0.1) is 6.61 Å². The maximum atomic E-state index is 13.4. The largest absolute Gasteiger partial charge is 0.392 e. The van der Waals surface area contributed by atoms with E-state index in [1.807, 2.05) is 29.8 Å². The molecule has 0 spiro atoms. The summed E-state index contributed by atoms with van der Waals surface area (Å²) in [5.74, 6) is -0.239. The highest BCUT2D eigenvalue weighted by molar-refractivity contribution is 5.80. The number of aliphatic hydroxyl groups excluding tert-OH is 1. The normalized spacial score (nSPS) is 11.2. The molecule has 0 atom stereocenters. The van der Waals surface area contributed by atoms with E-state index in [2.05, 4.69) is 4.98 Å². The zero-order valence-corrected chi connectivity index (χ0v) is 11.2. The average molecular weight is 270 g/mol. The number of aryl methyl sites for hydroxylation is 1. The van der Waals surface area contributed by atoms with Gasteiger partial charge in [-0.1, -0.05) is 6.07 Å². The highest BCUT2D eigenvalue weighted by Gasteiger charge is 2.10. The highest BCUT2D eigenvalue weighted by Crippen LogP contribution is 2.21. The Hall–Kier alpha value is -2.20. The molecule has 0 bridgehead atoms. The van der Waals surface area contributed by atoms with Crippen LogP contribution in [-0.2, 0) is 13.2 Å². The van der Waals surface area contributed by atoms with Crippen molar-refractivity contribution in [1.82, 2.24) is 9.55 Å². The molecule has 102 valence electrons. The molecule has 0 saturated carbocycles. The molecule has 4 heteroatoms. The number of aliphatic hydroxyl groups is 1. The number of hydrogen-bond acceptors (Lipinski definition) is 2. The predicted octanol–water partition coefficient (Wildman–Crippen LogP) is 3.02. The molecule has 2 aromatic heterocycles. The van der Waals surface area contributed by atoms with E-state index in [1.165, 1.54) is 6.07 Å². The number of nitrogens with zero attached hydrogens (tertiary/aromatic N) is 2. The molecular weight excluding hydrogens is 255 g/mol. The second-order valence-electron chi connectivity index (χ2n) is 4.89. The van der Waals surface area contributed by atoms with Gasteiger partial charge in [0, 0.05) is 29.9 Å². The van der Waals surface area contributed by atoms with E-state index < -0.39 is 0 Å². The van der Waals surface area contributed by atoms with E-state index in [0.29, 0.717) is 6.54 Å². The van der Waals surface area contributed by atoms with Crippen molar-refractivity contribution in [2.75, 3.05) is 0 Å². The van der Waals surface area contributed by atoms with Gasteiger partial charge in [0.1, 0.15) is 11.5 Å². The zero-order valence-electron chi connectivity index (χ0n) is 11.2. The summed E-state index contributed by atoms with van der Waals surface area (Å²) in [4.78, 5) is 4.36. The van der Waals surface area contributed by atoms with Gasteiger partial charge >= 0.3 is 0 Å². The van der Waals surface area contributed by atoms with Crippen LogP contribution in [0.4, 0.5) is 4.39 Å². The molecular formula is C16H15FN2O. The van der Waals surface area contributed by atoms with E-state index in [0.717, 1.165) is 27.7 Å². The van der Waals surface area contributed by atoms with E-state index in [9.17, 15) is 9.50 Å². The fourth-order valence-electron chi connectivity index (χ4n) is 2.44. The smallest absolute Gasteiger partial charge is 0.140 e. The minimum atomic E-state index is -0.239. The van der Waals surface area contributed by atoms with Gasteiger partial charge in [-0.05, 0) is 42.3 Å². The van der Waals surface area contributed by atoms with Crippen molar-refractivity contribution in [2.24, 2.45) is 0 Å². The molecule has 0 radical (unpaired) electrons. The van der Waals surface area contributed by atoms with Crippen molar-refractivity contribution in [1.29, 1.82) is 0 Å². The van der Waals surface area contributed by atoms with Gasteiger partial charge in [0.2, 0.25) is 0 Å². The van der Waals surface area contributed by atoms with E-state index >= 15 is 0 Å². The zero-order chi connectivity index (χ0) is 14.1. The molecule has 0 unspecified atom stereocenters. The topological polar surface area (TPSA) is 38.0 Å². The van der Waals surface area contributed by atoms with Gasteiger partial charge in [0.15, 0.2) is 0 Å². The van der Waals surface area contributed by atoms with Crippen LogP contribution < -0.4 is 0 Å². The van der Waals surface area contributed by atoms with Crippen LogP contribution in [0.15, 0.2) is 42.7 Å². The van der Waals surface area contributed by atoms with Crippen LogP contribution in [-0.4, -0.2) is 14.7 Å². The van der Waals surface area contributed by atoms with Crippen molar-refractivity contribution < 1.29 is 9.50 Å². The quantitative estimate of drug-likeness (QED) is 0.794. The summed E-state index contributed by atoms with van der Waals surface area (Å²) in [5.41, 5.74) is 3.59. The molecule has 0 aliphatic rings. The molecule has 0 aliphatic carbocycles.